The largest absolute Gasteiger partial charge is 0.350 e. The summed E-state index contributed by atoms with van der Waals surface area (Å²) in [4.78, 5) is 28.9. The Kier molecular flexibility index (Phi) is 10.3. The Balaban J connectivity index is 2.10. The van der Waals surface area contributed by atoms with Crippen molar-refractivity contribution in [2.45, 2.75) is 64.1 Å². The maximum Gasteiger partial charge on any atom is 0.264 e. The van der Waals surface area contributed by atoms with Crippen LogP contribution >= 0.6 is 23.2 Å². The van der Waals surface area contributed by atoms with Crippen LogP contribution in [0, 0.1) is 6.92 Å². The number of carbonyl (C=O) groups excluding carboxylic acids is 2. The van der Waals surface area contributed by atoms with Crippen molar-refractivity contribution in [3.8, 4) is 0 Å². The van der Waals surface area contributed by atoms with Crippen LogP contribution in [0.5, 0.6) is 0 Å². The van der Waals surface area contributed by atoms with E-state index in [0.717, 1.165) is 9.87 Å². The Morgan fingerprint density at radius 1 is 0.900 bits per heavy atom. The van der Waals surface area contributed by atoms with Gasteiger partial charge in [0.2, 0.25) is 11.8 Å². The van der Waals surface area contributed by atoms with Crippen molar-refractivity contribution in [1.82, 2.24) is 10.2 Å². The number of hydrogen-bond donors (Lipinski definition) is 1. The molecule has 0 aliphatic heterocycles. The van der Waals surface area contributed by atoms with Gasteiger partial charge in [-0.05, 0) is 70.0 Å². The Labute approximate surface area is 247 Å². The van der Waals surface area contributed by atoms with Crippen LogP contribution in [0.3, 0.4) is 0 Å². The first kappa shape index (κ1) is 31.5. The summed E-state index contributed by atoms with van der Waals surface area (Å²) in [5, 5.41) is 3.54. The van der Waals surface area contributed by atoms with Crippen LogP contribution < -0.4 is 9.62 Å². The monoisotopic (exact) mass is 603 g/mol. The predicted molar refractivity (Wildman–Crippen MR) is 161 cm³/mol. The molecule has 7 nitrogen and oxygen atoms in total. The summed E-state index contributed by atoms with van der Waals surface area (Å²) in [7, 11) is -4.21. The van der Waals surface area contributed by atoms with Crippen molar-refractivity contribution in [2.75, 3.05) is 10.8 Å². The second kappa shape index (κ2) is 13.1. The molecule has 0 aromatic heterocycles. The molecule has 0 fully saturated rings. The molecule has 3 aromatic carbocycles. The van der Waals surface area contributed by atoms with Crippen molar-refractivity contribution < 1.29 is 18.0 Å². The molecule has 0 saturated carbocycles. The lowest BCUT2D eigenvalue weighted by molar-refractivity contribution is -0.141. The first-order chi connectivity index (χ1) is 18.7. The Morgan fingerprint density at radius 2 is 1.48 bits per heavy atom. The SMILES string of the molecule is CC[C@H](C(=O)NC(C)(C)C)N(Cc1ccccc1Cl)C(=O)CN(c1ccccc1Cl)S(=O)(=O)c1ccc(C)cc1. The van der Waals surface area contributed by atoms with E-state index in [1.54, 1.807) is 67.6 Å². The number of para-hydroxylation sites is 1. The summed E-state index contributed by atoms with van der Waals surface area (Å²) in [6.45, 7) is 8.64. The molecule has 0 aliphatic carbocycles. The molecule has 2 amide bonds. The zero-order valence-electron chi connectivity index (χ0n) is 23.3. The van der Waals surface area contributed by atoms with Gasteiger partial charge in [-0.25, -0.2) is 8.42 Å². The van der Waals surface area contributed by atoms with E-state index in [0.29, 0.717) is 17.0 Å². The van der Waals surface area contributed by atoms with E-state index in [-0.39, 0.29) is 28.1 Å². The van der Waals surface area contributed by atoms with Gasteiger partial charge in [0.15, 0.2) is 0 Å². The quantitative estimate of drug-likeness (QED) is 0.298. The molecule has 3 rings (SSSR count). The van der Waals surface area contributed by atoms with Crippen LogP contribution in [-0.2, 0) is 26.2 Å². The van der Waals surface area contributed by atoms with E-state index in [2.05, 4.69) is 5.32 Å². The molecule has 214 valence electrons. The van der Waals surface area contributed by atoms with E-state index in [1.165, 1.54) is 17.0 Å². The third-order valence-corrected chi connectivity index (χ3v) is 8.65. The van der Waals surface area contributed by atoms with Crippen LogP contribution in [0.15, 0.2) is 77.7 Å². The predicted octanol–water partition coefficient (Wildman–Crippen LogP) is 6.22. The summed E-state index contributed by atoms with van der Waals surface area (Å²) in [6, 6.07) is 19.0. The van der Waals surface area contributed by atoms with Crippen LogP contribution in [0.25, 0.3) is 0 Å². The van der Waals surface area contributed by atoms with Gasteiger partial charge < -0.3 is 10.2 Å². The maximum atomic E-state index is 14.1. The van der Waals surface area contributed by atoms with Crippen LogP contribution in [0.4, 0.5) is 5.69 Å². The fourth-order valence-electron chi connectivity index (χ4n) is 4.19. The number of benzene rings is 3. The number of halogens is 2. The average molecular weight is 605 g/mol. The number of rotatable bonds is 10. The van der Waals surface area contributed by atoms with Crippen molar-refractivity contribution in [3.05, 3.63) is 94.0 Å². The molecule has 0 heterocycles. The number of carbonyl (C=O) groups is 2. The number of anilines is 1. The third kappa shape index (κ3) is 7.77. The van der Waals surface area contributed by atoms with Crippen LogP contribution in [0.2, 0.25) is 10.0 Å². The fraction of sp³-hybridized carbons (Fsp3) is 0.333. The first-order valence-corrected chi connectivity index (χ1v) is 15.1. The van der Waals surface area contributed by atoms with E-state index >= 15 is 0 Å². The summed E-state index contributed by atoms with van der Waals surface area (Å²) in [5.74, 6) is -0.924. The molecule has 3 aromatic rings. The van der Waals surface area contributed by atoms with Crippen molar-refractivity contribution in [1.29, 1.82) is 0 Å². The second-order valence-electron chi connectivity index (χ2n) is 10.6. The van der Waals surface area contributed by atoms with Gasteiger partial charge in [-0.1, -0.05) is 78.2 Å². The molecule has 10 heteroatoms. The zero-order valence-corrected chi connectivity index (χ0v) is 25.6. The summed E-state index contributed by atoms with van der Waals surface area (Å²) >= 11 is 12.9. The lowest BCUT2D eigenvalue weighted by atomic mass is 10.1. The van der Waals surface area contributed by atoms with Gasteiger partial charge in [-0.3, -0.25) is 13.9 Å². The number of nitrogens with zero attached hydrogens (tertiary/aromatic N) is 2. The van der Waals surface area contributed by atoms with Crippen molar-refractivity contribution in [2.24, 2.45) is 0 Å². The highest BCUT2D eigenvalue weighted by Crippen LogP contribution is 2.31. The minimum absolute atomic E-state index is 0.00944. The Bertz CT molecular complexity index is 1450. The smallest absolute Gasteiger partial charge is 0.264 e. The van der Waals surface area contributed by atoms with Crippen molar-refractivity contribution in [3.63, 3.8) is 0 Å². The van der Waals surface area contributed by atoms with Gasteiger partial charge in [-0.15, -0.1) is 0 Å². The molecule has 0 unspecified atom stereocenters. The molecular weight excluding hydrogens is 569 g/mol. The normalized spacial score (nSPS) is 12.5. The highest BCUT2D eigenvalue weighted by atomic mass is 35.5. The third-order valence-electron chi connectivity index (χ3n) is 6.19. The van der Waals surface area contributed by atoms with Gasteiger partial charge in [0, 0.05) is 17.1 Å². The van der Waals surface area contributed by atoms with E-state index in [9.17, 15) is 18.0 Å². The standard InChI is InChI=1S/C30H35Cl2N3O4S/c1-6-26(29(37)33-30(3,4)5)34(19-22-11-7-8-12-24(22)31)28(36)20-35(27-14-10-9-13-25(27)32)40(38,39)23-17-15-21(2)16-18-23/h7-18,26H,6,19-20H2,1-5H3,(H,33,37)/t26-/m1/s1. The Morgan fingerprint density at radius 3 is 2.02 bits per heavy atom. The number of amides is 2. The lowest BCUT2D eigenvalue weighted by Gasteiger charge is -2.35. The zero-order chi connectivity index (χ0) is 29.7. The number of sulfonamides is 1. The first-order valence-electron chi connectivity index (χ1n) is 12.9. The maximum absolute atomic E-state index is 14.1. The number of nitrogens with one attached hydrogen (secondary N) is 1. The van der Waals surface area contributed by atoms with Gasteiger partial charge in [-0.2, -0.15) is 0 Å². The molecule has 0 aliphatic rings. The highest BCUT2D eigenvalue weighted by molar-refractivity contribution is 7.92. The minimum atomic E-state index is -4.21. The number of aryl methyl sites for hydroxylation is 1. The molecule has 0 saturated heterocycles. The second-order valence-corrected chi connectivity index (χ2v) is 13.2. The fourth-order valence-corrected chi connectivity index (χ4v) is 6.10. The van der Waals surface area contributed by atoms with Gasteiger partial charge in [0.05, 0.1) is 15.6 Å². The molecule has 1 atom stereocenters. The molecule has 40 heavy (non-hydrogen) atoms. The van der Waals surface area contributed by atoms with E-state index < -0.39 is 34.1 Å². The molecule has 0 spiro atoms. The average Bonchev–Trinajstić information content (AvgIpc) is 2.88. The molecule has 0 radical (unpaired) electrons. The Hall–Kier alpha value is -3.07. The minimum Gasteiger partial charge on any atom is -0.350 e. The topological polar surface area (TPSA) is 86.8 Å². The molecule has 1 N–H and O–H groups in total. The van der Waals surface area contributed by atoms with Gasteiger partial charge in [0.1, 0.15) is 12.6 Å². The van der Waals surface area contributed by atoms with Crippen molar-refractivity contribution >= 4 is 50.7 Å². The van der Waals surface area contributed by atoms with E-state index in [1.807, 2.05) is 27.7 Å². The van der Waals surface area contributed by atoms with E-state index in [4.69, 9.17) is 23.2 Å². The highest BCUT2D eigenvalue weighted by Gasteiger charge is 2.35. The van der Waals surface area contributed by atoms with Crippen LogP contribution in [-0.4, -0.2) is 43.3 Å². The summed E-state index contributed by atoms with van der Waals surface area (Å²) in [5.41, 5.74) is 1.14. The molecule has 0 bridgehead atoms. The molecular formula is C30H35Cl2N3O4S. The summed E-state index contributed by atoms with van der Waals surface area (Å²) < 4.78 is 28.8. The number of hydrogen-bond acceptors (Lipinski definition) is 4. The lowest BCUT2D eigenvalue weighted by Crippen LogP contribution is -2.55. The van der Waals surface area contributed by atoms with Gasteiger partial charge >= 0.3 is 0 Å². The van der Waals surface area contributed by atoms with Crippen LogP contribution in [0.1, 0.15) is 45.2 Å². The van der Waals surface area contributed by atoms with Gasteiger partial charge in [0.25, 0.3) is 10.0 Å². The summed E-state index contributed by atoms with van der Waals surface area (Å²) in [6.07, 6.45) is 0.301.